The molecule has 5 nitrogen and oxygen atoms in total. The number of Topliss-reactive ketones (excluding diaryl/α,β-unsaturated/α-hetero) is 2. The fourth-order valence-electron chi connectivity index (χ4n) is 2.54. The lowest BCUT2D eigenvalue weighted by Gasteiger charge is -2.35. The van der Waals surface area contributed by atoms with E-state index in [4.69, 9.17) is 0 Å². The zero-order chi connectivity index (χ0) is 10.3. The number of carbonyl (C=O) groups excluding carboxylic acids is 2. The van der Waals surface area contributed by atoms with Crippen LogP contribution in [-0.4, -0.2) is 22.0 Å². The Bertz CT molecular complexity index is 325. The molecule has 5 heteroatoms. The third kappa shape index (κ3) is 0.951. The minimum Gasteiger partial charge on any atom is -0.291 e. The van der Waals surface area contributed by atoms with Crippen molar-refractivity contribution in [3.8, 4) is 0 Å². The lowest BCUT2D eigenvalue weighted by molar-refractivity contribution is -0.539. The topological polar surface area (TPSA) is 77.3 Å². The molecule has 0 aromatic heterocycles. The summed E-state index contributed by atoms with van der Waals surface area (Å²) in [6, 6.07) is 0. The summed E-state index contributed by atoms with van der Waals surface area (Å²) in [5.74, 6) is -1.17. The zero-order valence-electron chi connectivity index (χ0n) is 7.69. The molecule has 2 saturated carbocycles. The largest absolute Gasteiger partial charge is 0.336 e. The van der Waals surface area contributed by atoms with Crippen molar-refractivity contribution < 1.29 is 14.5 Å². The molecule has 2 aliphatic carbocycles. The number of rotatable bonds is 1. The van der Waals surface area contributed by atoms with Gasteiger partial charge in [-0.25, -0.2) is 0 Å². The molecule has 2 fully saturated rings. The van der Waals surface area contributed by atoms with Crippen molar-refractivity contribution in [1.82, 2.24) is 0 Å². The number of ketones is 2. The van der Waals surface area contributed by atoms with Crippen molar-refractivity contribution >= 4 is 11.6 Å². The van der Waals surface area contributed by atoms with Crippen LogP contribution in [0.1, 0.15) is 32.1 Å². The van der Waals surface area contributed by atoms with E-state index < -0.39 is 22.0 Å². The number of fused-ring (bicyclic) bond motifs is 2. The molecule has 2 rings (SSSR count). The molecule has 0 spiro atoms. The summed E-state index contributed by atoms with van der Waals surface area (Å²) < 4.78 is 0. The summed E-state index contributed by atoms with van der Waals surface area (Å²) >= 11 is 0. The fourth-order valence-corrected chi connectivity index (χ4v) is 2.54. The second kappa shape index (κ2) is 2.87. The molecule has 0 aromatic rings. The average Bonchev–Trinajstić information content (AvgIpc) is 2.12. The molecular weight excluding hydrogens is 186 g/mol. The van der Waals surface area contributed by atoms with E-state index in [-0.39, 0.29) is 18.8 Å². The highest BCUT2D eigenvalue weighted by atomic mass is 16.6. The van der Waals surface area contributed by atoms with Gasteiger partial charge in [-0.15, -0.1) is 0 Å². The van der Waals surface area contributed by atoms with Gasteiger partial charge in [0.05, 0.1) is 0 Å². The molecule has 14 heavy (non-hydrogen) atoms. The molecule has 0 radical (unpaired) electrons. The SMILES string of the molecule is O=C1CCC2CCCC1([N+](=O)[O-])C2=O. The van der Waals surface area contributed by atoms with Crippen LogP contribution < -0.4 is 0 Å². The molecule has 0 heterocycles. The van der Waals surface area contributed by atoms with Gasteiger partial charge in [0, 0.05) is 23.7 Å². The Morgan fingerprint density at radius 2 is 2.07 bits per heavy atom. The summed E-state index contributed by atoms with van der Waals surface area (Å²) in [5.41, 5.74) is -1.86. The second-order valence-corrected chi connectivity index (χ2v) is 4.03. The fraction of sp³-hybridized carbons (Fsp3) is 0.778. The van der Waals surface area contributed by atoms with Gasteiger partial charge in [0.2, 0.25) is 11.6 Å². The van der Waals surface area contributed by atoms with Crippen LogP contribution in [0.3, 0.4) is 0 Å². The van der Waals surface area contributed by atoms with Gasteiger partial charge in [-0.1, -0.05) is 0 Å². The summed E-state index contributed by atoms with van der Waals surface area (Å²) in [4.78, 5) is 33.4. The van der Waals surface area contributed by atoms with Gasteiger partial charge in [0.1, 0.15) is 0 Å². The average molecular weight is 197 g/mol. The van der Waals surface area contributed by atoms with Crippen LogP contribution in [0.2, 0.25) is 0 Å². The molecule has 0 saturated heterocycles. The van der Waals surface area contributed by atoms with E-state index >= 15 is 0 Å². The maximum absolute atomic E-state index is 11.7. The van der Waals surface area contributed by atoms with Crippen molar-refractivity contribution in [3.05, 3.63) is 10.1 Å². The first-order valence-electron chi connectivity index (χ1n) is 4.81. The molecule has 0 N–H and O–H groups in total. The summed E-state index contributed by atoms with van der Waals surface area (Å²) in [7, 11) is 0. The Kier molecular flexibility index (Phi) is 1.90. The predicted octanol–water partition coefficient (Wildman–Crippen LogP) is 0.734. The Balaban J connectivity index is 2.46. The number of carbonyl (C=O) groups is 2. The highest BCUT2D eigenvalue weighted by Gasteiger charge is 2.62. The van der Waals surface area contributed by atoms with Crippen LogP contribution in [0.5, 0.6) is 0 Å². The van der Waals surface area contributed by atoms with Crippen LogP contribution in [-0.2, 0) is 9.59 Å². The van der Waals surface area contributed by atoms with E-state index in [0.717, 1.165) is 0 Å². The van der Waals surface area contributed by atoms with Gasteiger partial charge in [-0.2, -0.15) is 0 Å². The van der Waals surface area contributed by atoms with Crippen LogP contribution in [0.15, 0.2) is 0 Å². The first kappa shape index (κ1) is 9.30. The highest BCUT2D eigenvalue weighted by Crippen LogP contribution is 2.39. The van der Waals surface area contributed by atoms with Crippen molar-refractivity contribution in [2.45, 2.75) is 37.6 Å². The summed E-state index contributed by atoms with van der Waals surface area (Å²) in [5, 5.41) is 10.9. The molecule has 2 aliphatic rings. The highest BCUT2D eigenvalue weighted by molar-refractivity contribution is 6.13. The Labute approximate surface area is 80.6 Å². The number of nitrogens with zero attached hydrogens (tertiary/aromatic N) is 1. The minimum atomic E-state index is -1.86. The van der Waals surface area contributed by atoms with Gasteiger partial charge >= 0.3 is 5.54 Å². The predicted molar refractivity (Wildman–Crippen MR) is 46.3 cm³/mol. The van der Waals surface area contributed by atoms with E-state index in [1.54, 1.807) is 0 Å². The summed E-state index contributed by atoms with van der Waals surface area (Å²) in [6.45, 7) is 0. The lowest BCUT2D eigenvalue weighted by atomic mass is 9.66. The van der Waals surface area contributed by atoms with Crippen molar-refractivity contribution in [3.63, 3.8) is 0 Å². The maximum atomic E-state index is 11.7. The first-order valence-corrected chi connectivity index (χ1v) is 4.81. The standard InChI is InChI=1S/C9H11NO4/c11-7-4-3-6-2-1-5-9(7,8(6)12)10(13)14/h6H,1-5H2. The zero-order valence-corrected chi connectivity index (χ0v) is 7.69. The third-order valence-corrected chi connectivity index (χ3v) is 3.36. The van der Waals surface area contributed by atoms with Gasteiger partial charge in [0.25, 0.3) is 0 Å². The third-order valence-electron chi connectivity index (χ3n) is 3.36. The monoisotopic (exact) mass is 197 g/mol. The van der Waals surface area contributed by atoms with E-state index in [2.05, 4.69) is 0 Å². The number of hydrogen-bond acceptors (Lipinski definition) is 4. The minimum absolute atomic E-state index is 0.105. The van der Waals surface area contributed by atoms with Gasteiger partial charge < -0.3 is 0 Å². The van der Waals surface area contributed by atoms with Crippen LogP contribution in [0.4, 0.5) is 0 Å². The molecule has 76 valence electrons. The van der Waals surface area contributed by atoms with E-state index in [9.17, 15) is 19.7 Å². The lowest BCUT2D eigenvalue weighted by Crippen LogP contribution is -2.60. The van der Waals surface area contributed by atoms with Gasteiger partial charge in [-0.05, 0) is 19.3 Å². The van der Waals surface area contributed by atoms with Crippen molar-refractivity contribution in [1.29, 1.82) is 0 Å². The Hall–Kier alpha value is -1.26. The van der Waals surface area contributed by atoms with E-state index in [0.29, 0.717) is 19.3 Å². The molecule has 0 aromatic carbocycles. The number of nitro groups is 1. The quantitative estimate of drug-likeness (QED) is 0.353. The van der Waals surface area contributed by atoms with Gasteiger partial charge in [-0.3, -0.25) is 19.7 Å². The molecular formula is C9H11NO4. The van der Waals surface area contributed by atoms with Crippen molar-refractivity contribution in [2.75, 3.05) is 0 Å². The van der Waals surface area contributed by atoms with E-state index in [1.807, 2.05) is 0 Å². The molecule has 2 atom stereocenters. The Morgan fingerprint density at radius 3 is 2.64 bits per heavy atom. The molecule has 2 bridgehead atoms. The van der Waals surface area contributed by atoms with Crippen LogP contribution in [0, 0.1) is 16.0 Å². The normalized spacial score (nSPS) is 37.0. The van der Waals surface area contributed by atoms with Crippen LogP contribution in [0.25, 0.3) is 0 Å². The maximum Gasteiger partial charge on any atom is 0.336 e. The number of hydrogen-bond donors (Lipinski definition) is 0. The van der Waals surface area contributed by atoms with Crippen molar-refractivity contribution in [2.24, 2.45) is 5.92 Å². The van der Waals surface area contributed by atoms with Gasteiger partial charge in [0.15, 0.2) is 0 Å². The second-order valence-electron chi connectivity index (χ2n) is 4.03. The van der Waals surface area contributed by atoms with Crippen LogP contribution >= 0.6 is 0 Å². The van der Waals surface area contributed by atoms with E-state index in [1.165, 1.54) is 0 Å². The Morgan fingerprint density at radius 1 is 1.36 bits per heavy atom. The molecule has 0 aliphatic heterocycles. The summed E-state index contributed by atoms with van der Waals surface area (Å²) in [6.07, 6.45) is 2.13. The first-order chi connectivity index (χ1) is 6.59. The molecule has 0 amide bonds. The smallest absolute Gasteiger partial charge is 0.291 e. The molecule has 2 unspecified atom stereocenters.